The van der Waals surface area contributed by atoms with Gasteiger partial charge in [-0.25, -0.2) is 0 Å². The van der Waals surface area contributed by atoms with Crippen molar-refractivity contribution < 1.29 is 29.2 Å². The molecule has 6 nitrogen and oxygen atoms in total. The molecule has 0 amide bonds. The van der Waals surface area contributed by atoms with E-state index in [1.807, 2.05) is 25.1 Å². The van der Waals surface area contributed by atoms with Crippen LogP contribution in [0.3, 0.4) is 0 Å². The predicted molar refractivity (Wildman–Crippen MR) is 134 cm³/mol. The van der Waals surface area contributed by atoms with E-state index in [0.29, 0.717) is 54.8 Å². The molecule has 6 heteroatoms. The highest BCUT2D eigenvalue weighted by Gasteiger charge is 2.33. The first-order valence-electron chi connectivity index (χ1n) is 12.7. The largest absolute Gasteiger partial charge is 0.508 e. The second kappa shape index (κ2) is 12.7. The van der Waals surface area contributed by atoms with E-state index < -0.39 is 12.2 Å². The van der Waals surface area contributed by atoms with Crippen LogP contribution in [-0.2, 0) is 6.42 Å². The van der Waals surface area contributed by atoms with Crippen molar-refractivity contribution in [1.82, 2.24) is 0 Å². The fourth-order valence-electron chi connectivity index (χ4n) is 3.99. The Balaban J connectivity index is 1.99. The van der Waals surface area contributed by atoms with Crippen molar-refractivity contribution in [3.63, 3.8) is 0 Å². The fraction of sp³-hybridized carbons (Fsp3) is 0.571. The van der Waals surface area contributed by atoms with Gasteiger partial charge in [0.25, 0.3) is 0 Å². The summed E-state index contributed by atoms with van der Waals surface area (Å²) >= 11 is 0. The molecule has 0 saturated heterocycles. The highest BCUT2D eigenvalue weighted by molar-refractivity contribution is 5.56. The lowest BCUT2D eigenvalue weighted by Gasteiger charge is -2.32. The van der Waals surface area contributed by atoms with Crippen LogP contribution in [0.25, 0.3) is 0 Å². The standard InChI is InChI=1S/C28H40O6/c1-5-8-11-31-25-16-20(17-26(32-12-9-6-2)28(25)33-13-10-7-3)27-23(30)18-21-22(29)14-19(4)15-24(21)34-27/h14-17,23,27,29-30H,5-13,18H2,1-4H3. The van der Waals surface area contributed by atoms with Crippen LogP contribution >= 0.6 is 0 Å². The molecule has 188 valence electrons. The Hall–Kier alpha value is -2.60. The van der Waals surface area contributed by atoms with Gasteiger partial charge in [0.05, 0.1) is 25.9 Å². The number of aryl methyl sites for hydroxylation is 1. The van der Waals surface area contributed by atoms with Crippen LogP contribution < -0.4 is 18.9 Å². The Labute approximate surface area is 203 Å². The summed E-state index contributed by atoms with van der Waals surface area (Å²) in [6.45, 7) is 10.0. The van der Waals surface area contributed by atoms with Gasteiger partial charge in [0, 0.05) is 17.5 Å². The zero-order valence-corrected chi connectivity index (χ0v) is 21.1. The SMILES string of the molecule is CCCCOc1cc(C2Oc3cc(C)cc(O)c3CC2O)cc(OCCCC)c1OCCCC. The number of phenols is 1. The molecule has 2 atom stereocenters. The Morgan fingerprint density at radius 2 is 1.41 bits per heavy atom. The van der Waals surface area contributed by atoms with Crippen molar-refractivity contribution in [3.05, 3.63) is 41.0 Å². The number of fused-ring (bicyclic) bond motifs is 1. The molecule has 0 aliphatic carbocycles. The number of benzene rings is 2. The van der Waals surface area contributed by atoms with Crippen LogP contribution in [0, 0.1) is 6.92 Å². The average molecular weight is 473 g/mol. The van der Waals surface area contributed by atoms with E-state index in [2.05, 4.69) is 20.8 Å². The molecule has 0 fully saturated rings. The van der Waals surface area contributed by atoms with Crippen molar-refractivity contribution in [2.75, 3.05) is 19.8 Å². The fourth-order valence-corrected chi connectivity index (χ4v) is 3.99. The van der Waals surface area contributed by atoms with Gasteiger partial charge < -0.3 is 29.2 Å². The maximum absolute atomic E-state index is 11.0. The lowest BCUT2D eigenvalue weighted by molar-refractivity contribution is 0.0196. The monoisotopic (exact) mass is 472 g/mol. The van der Waals surface area contributed by atoms with Crippen LogP contribution in [0.1, 0.15) is 82.1 Å². The van der Waals surface area contributed by atoms with Crippen molar-refractivity contribution >= 4 is 0 Å². The summed E-state index contributed by atoms with van der Waals surface area (Å²) in [4.78, 5) is 0. The minimum Gasteiger partial charge on any atom is -0.508 e. The predicted octanol–water partition coefficient (Wildman–Crippen LogP) is 6.27. The Kier molecular flexibility index (Phi) is 9.75. The minimum absolute atomic E-state index is 0.152. The number of unbranched alkanes of at least 4 members (excludes halogenated alkanes) is 3. The Morgan fingerprint density at radius 1 is 0.853 bits per heavy atom. The number of hydrogen-bond donors (Lipinski definition) is 2. The van der Waals surface area contributed by atoms with E-state index in [4.69, 9.17) is 18.9 Å². The maximum atomic E-state index is 11.0. The van der Waals surface area contributed by atoms with E-state index in [1.165, 1.54) is 0 Å². The number of ether oxygens (including phenoxy) is 4. The summed E-state index contributed by atoms with van der Waals surface area (Å²) in [6.07, 6.45) is 4.75. The van der Waals surface area contributed by atoms with Gasteiger partial charge in [-0.2, -0.15) is 0 Å². The molecule has 2 N–H and O–H groups in total. The van der Waals surface area contributed by atoms with Crippen molar-refractivity contribution in [2.24, 2.45) is 0 Å². The summed E-state index contributed by atoms with van der Waals surface area (Å²) < 4.78 is 24.7. The number of rotatable bonds is 13. The highest BCUT2D eigenvalue weighted by atomic mass is 16.5. The smallest absolute Gasteiger partial charge is 0.203 e. The molecule has 0 spiro atoms. The third-order valence-corrected chi connectivity index (χ3v) is 5.97. The van der Waals surface area contributed by atoms with Gasteiger partial charge in [-0.1, -0.05) is 40.0 Å². The maximum Gasteiger partial charge on any atom is 0.203 e. The summed E-state index contributed by atoms with van der Waals surface area (Å²) in [5, 5.41) is 21.3. The zero-order chi connectivity index (χ0) is 24.5. The van der Waals surface area contributed by atoms with Crippen LogP contribution in [0.15, 0.2) is 24.3 Å². The molecule has 1 aliphatic heterocycles. The summed E-state index contributed by atoms with van der Waals surface area (Å²) in [6, 6.07) is 7.39. The van der Waals surface area contributed by atoms with Gasteiger partial charge in [0.1, 0.15) is 11.5 Å². The summed E-state index contributed by atoms with van der Waals surface area (Å²) in [5.74, 6) is 2.59. The second-order valence-corrected chi connectivity index (χ2v) is 9.02. The zero-order valence-electron chi connectivity index (χ0n) is 21.1. The molecule has 0 aromatic heterocycles. The quantitative estimate of drug-likeness (QED) is 0.334. The van der Waals surface area contributed by atoms with E-state index >= 15 is 0 Å². The molecule has 2 aromatic rings. The number of hydrogen-bond acceptors (Lipinski definition) is 6. The molecule has 2 unspecified atom stereocenters. The van der Waals surface area contributed by atoms with Crippen LogP contribution in [0.4, 0.5) is 0 Å². The van der Waals surface area contributed by atoms with E-state index in [-0.39, 0.29) is 5.75 Å². The number of aliphatic hydroxyl groups is 1. The van der Waals surface area contributed by atoms with E-state index in [9.17, 15) is 10.2 Å². The van der Waals surface area contributed by atoms with Gasteiger partial charge in [0.15, 0.2) is 17.6 Å². The molecule has 34 heavy (non-hydrogen) atoms. The molecule has 2 aromatic carbocycles. The van der Waals surface area contributed by atoms with Crippen LogP contribution in [0.5, 0.6) is 28.7 Å². The molecule has 0 radical (unpaired) electrons. The molecule has 0 saturated carbocycles. The highest BCUT2D eigenvalue weighted by Crippen LogP contribution is 2.45. The van der Waals surface area contributed by atoms with E-state index in [0.717, 1.165) is 49.7 Å². The van der Waals surface area contributed by atoms with Gasteiger partial charge >= 0.3 is 0 Å². The molecule has 0 bridgehead atoms. The minimum atomic E-state index is -0.819. The summed E-state index contributed by atoms with van der Waals surface area (Å²) in [5.41, 5.74) is 2.30. The van der Waals surface area contributed by atoms with Gasteiger partial charge in [-0.15, -0.1) is 0 Å². The first kappa shape index (κ1) is 26.0. The number of phenolic OH excluding ortho intramolecular Hbond substituents is 1. The van der Waals surface area contributed by atoms with Crippen LogP contribution in [-0.4, -0.2) is 36.1 Å². The first-order valence-corrected chi connectivity index (χ1v) is 12.7. The normalized spacial score (nSPS) is 17.1. The van der Waals surface area contributed by atoms with Crippen LogP contribution in [0.2, 0.25) is 0 Å². The van der Waals surface area contributed by atoms with Gasteiger partial charge in [-0.3, -0.25) is 0 Å². The molecule has 3 rings (SSSR count). The van der Waals surface area contributed by atoms with Gasteiger partial charge in [0.2, 0.25) is 5.75 Å². The molecular weight excluding hydrogens is 432 g/mol. The number of aliphatic hydroxyl groups excluding tert-OH is 1. The van der Waals surface area contributed by atoms with Crippen molar-refractivity contribution in [3.8, 4) is 28.7 Å². The Bertz CT molecular complexity index is 894. The summed E-state index contributed by atoms with van der Waals surface area (Å²) in [7, 11) is 0. The number of aromatic hydroxyl groups is 1. The lowest BCUT2D eigenvalue weighted by Crippen LogP contribution is -2.30. The molecule has 1 heterocycles. The van der Waals surface area contributed by atoms with E-state index in [1.54, 1.807) is 6.07 Å². The third-order valence-electron chi connectivity index (χ3n) is 5.97. The first-order chi connectivity index (χ1) is 16.5. The lowest BCUT2D eigenvalue weighted by atomic mass is 9.93. The average Bonchev–Trinajstić information content (AvgIpc) is 2.81. The topological polar surface area (TPSA) is 77.4 Å². The van der Waals surface area contributed by atoms with Gasteiger partial charge in [-0.05, 0) is 56.0 Å². The molecule has 1 aliphatic rings. The Morgan fingerprint density at radius 3 is 1.97 bits per heavy atom. The molecular formula is C28H40O6. The third kappa shape index (κ3) is 6.50. The second-order valence-electron chi connectivity index (χ2n) is 9.02. The van der Waals surface area contributed by atoms with Crippen molar-refractivity contribution in [1.29, 1.82) is 0 Å². The van der Waals surface area contributed by atoms with Crippen molar-refractivity contribution in [2.45, 2.75) is 84.8 Å².